The summed E-state index contributed by atoms with van der Waals surface area (Å²) in [5.41, 5.74) is 1.03. The van der Waals surface area contributed by atoms with Gasteiger partial charge in [0.2, 0.25) is 5.91 Å². The number of nitrogens with zero attached hydrogens (tertiary/aromatic N) is 3. The normalized spacial score (nSPS) is 12.0. The first-order valence-corrected chi connectivity index (χ1v) is 9.09. The fourth-order valence-electron chi connectivity index (χ4n) is 2.28. The Hall–Kier alpha value is -2.38. The van der Waals surface area contributed by atoms with E-state index in [1.54, 1.807) is 35.8 Å². The van der Waals surface area contributed by atoms with Gasteiger partial charge in [-0.15, -0.1) is 10.2 Å². The highest BCUT2D eigenvalue weighted by molar-refractivity contribution is 8.00. The quantitative estimate of drug-likeness (QED) is 0.656. The van der Waals surface area contributed by atoms with Crippen LogP contribution in [0.1, 0.15) is 6.92 Å². The molecule has 134 valence electrons. The highest BCUT2D eigenvalue weighted by Gasteiger charge is 2.20. The first-order valence-electron chi connectivity index (χ1n) is 7.83. The van der Waals surface area contributed by atoms with Crippen LogP contribution in [0.15, 0.2) is 53.7 Å². The number of para-hydroxylation sites is 1. The minimum atomic E-state index is -0.476. The van der Waals surface area contributed by atoms with Gasteiger partial charge in [-0.25, -0.2) is 4.39 Å². The second kappa shape index (κ2) is 7.88. The fourth-order valence-corrected chi connectivity index (χ4v) is 3.22. The van der Waals surface area contributed by atoms with Gasteiger partial charge in [0.05, 0.1) is 10.9 Å². The largest absolute Gasteiger partial charge is 0.323 e. The maximum absolute atomic E-state index is 13.7. The topological polar surface area (TPSA) is 59.8 Å². The van der Waals surface area contributed by atoms with E-state index in [1.807, 2.05) is 19.2 Å². The number of anilines is 1. The van der Waals surface area contributed by atoms with Gasteiger partial charge in [0, 0.05) is 17.6 Å². The van der Waals surface area contributed by atoms with Crippen molar-refractivity contribution in [3.05, 3.63) is 59.4 Å². The standard InChI is InChI=1S/C18H16ClFN4OS/c1-11(17(25)21-15-6-4-3-5-14(15)20)26-18-23-22-16(24(18)2)12-7-9-13(19)10-8-12/h3-11H,1-2H3,(H,21,25)/t11-/m0/s1. The summed E-state index contributed by atoms with van der Waals surface area (Å²) in [4.78, 5) is 12.3. The molecule has 3 rings (SSSR count). The molecule has 1 amide bonds. The van der Waals surface area contributed by atoms with E-state index in [4.69, 9.17) is 11.6 Å². The Morgan fingerprint density at radius 1 is 1.19 bits per heavy atom. The van der Waals surface area contributed by atoms with Crippen molar-refractivity contribution in [2.75, 3.05) is 5.32 Å². The summed E-state index contributed by atoms with van der Waals surface area (Å²) >= 11 is 7.16. The molecule has 0 spiro atoms. The summed E-state index contributed by atoms with van der Waals surface area (Å²) in [5, 5.41) is 11.7. The molecule has 2 aromatic carbocycles. The molecule has 1 aromatic heterocycles. The zero-order valence-electron chi connectivity index (χ0n) is 14.1. The van der Waals surface area contributed by atoms with E-state index in [2.05, 4.69) is 15.5 Å². The highest BCUT2D eigenvalue weighted by Crippen LogP contribution is 2.27. The first kappa shape index (κ1) is 18.4. The molecule has 0 saturated carbocycles. The number of nitrogens with one attached hydrogen (secondary N) is 1. The number of halogens is 2. The van der Waals surface area contributed by atoms with E-state index >= 15 is 0 Å². The van der Waals surface area contributed by atoms with Gasteiger partial charge in [0.1, 0.15) is 5.82 Å². The lowest BCUT2D eigenvalue weighted by atomic mass is 10.2. The van der Waals surface area contributed by atoms with Gasteiger partial charge in [-0.05, 0) is 43.3 Å². The van der Waals surface area contributed by atoms with Crippen molar-refractivity contribution >= 4 is 35.0 Å². The lowest BCUT2D eigenvalue weighted by Crippen LogP contribution is -2.23. The summed E-state index contributed by atoms with van der Waals surface area (Å²) in [6.07, 6.45) is 0. The number of carbonyl (C=O) groups excluding carboxylic acids is 1. The van der Waals surface area contributed by atoms with Crippen molar-refractivity contribution in [3.63, 3.8) is 0 Å². The van der Waals surface area contributed by atoms with Gasteiger partial charge >= 0.3 is 0 Å². The molecule has 1 N–H and O–H groups in total. The Bertz CT molecular complexity index is 929. The van der Waals surface area contributed by atoms with Crippen LogP contribution in [0.4, 0.5) is 10.1 Å². The van der Waals surface area contributed by atoms with Gasteiger partial charge in [-0.3, -0.25) is 4.79 Å². The molecule has 1 heterocycles. The van der Waals surface area contributed by atoms with Crippen molar-refractivity contribution in [2.24, 2.45) is 7.05 Å². The van der Waals surface area contributed by atoms with Crippen LogP contribution in [0.2, 0.25) is 5.02 Å². The number of hydrogen-bond donors (Lipinski definition) is 1. The molecule has 0 aliphatic heterocycles. The lowest BCUT2D eigenvalue weighted by Gasteiger charge is -2.12. The van der Waals surface area contributed by atoms with E-state index in [1.165, 1.54) is 23.9 Å². The van der Waals surface area contributed by atoms with Crippen LogP contribution >= 0.6 is 23.4 Å². The molecule has 0 aliphatic rings. The fraction of sp³-hybridized carbons (Fsp3) is 0.167. The predicted molar refractivity (Wildman–Crippen MR) is 102 cm³/mol. The maximum Gasteiger partial charge on any atom is 0.237 e. The van der Waals surface area contributed by atoms with Gasteiger partial charge < -0.3 is 9.88 Å². The Morgan fingerprint density at radius 3 is 2.58 bits per heavy atom. The third-order valence-corrected chi connectivity index (χ3v) is 5.11. The first-order chi connectivity index (χ1) is 12.5. The average Bonchev–Trinajstić information content (AvgIpc) is 2.98. The minimum Gasteiger partial charge on any atom is -0.323 e. The minimum absolute atomic E-state index is 0.157. The molecule has 0 bridgehead atoms. The van der Waals surface area contributed by atoms with Crippen molar-refractivity contribution in [3.8, 4) is 11.4 Å². The van der Waals surface area contributed by atoms with Crippen LogP contribution < -0.4 is 5.32 Å². The Morgan fingerprint density at radius 2 is 1.88 bits per heavy atom. The zero-order chi connectivity index (χ0) is 18.7. The molecule has 26 heavy (non-hydrogen) atoms. The molecule has 0 unspecified atom stereocenters. The van der Waals surface area contributed by atoms with Gasteiger partial charge in [-0.2, -0.15) is 0 Å². The number of rotatable bonds is 5. The van der Waals surface area contributed by atoms with Crippen LogP contribution in [0, 0.1) is 5.82 Å². The second-order valence-electron chi connectivity index (χ2n) is 5.60. The average molecular weight is 391 g/mol. The monoisotopic (exact) mass is 390 g/mol. The van der Waals surface area contributed by atoms with Crippen LogP contribution in [0.25, 0.3) is 11.4 Å². The Balaban J connectivity index is 1.71. The van der Waals surface area contributed by atoms with Crippen LogP contribution in [-0.4, -0.2) is 25.9 Å². The molecular formula is C18H16ClFN4OS. The molecule has 1 atom stereocenters. The van der Waals surface area contributed by atoms with Crippen LogP contribution in [-0.2, 0) is 11.8 Å². The number of amides is 1. The van der Waals surface area contributed by atoms with Crippen molar-refractivity contribution < 1.29 is 9.18 Å². The maximum atomic E-state index is 13.7. The Labute approximate surface area is 159 Å². The van der Waals surface area contributed by atoms with E-state index in [0.717, 1.165) is 5.56 Å². The molecule has 0 aliphatic carbocycles. The number of thioether (sulfide) groups is 1. The molecule has 3 aromatic rings. The highest BCUT2D eigenvalue weighted by atomic mass is 35.5. The molecule has 0 saturated heterocycles. The van der Waals surface area contributed by atoms with Crippen LogP contribution in [0.3, 0.4) is 0 Å². The Kier molecular flexibility index (Phi) is 5.58. The molecule has 0 fully saturated rings. The van der Waals surface area contributed by atoms with Crippen molar-refractivity contribution in [1.29, 1.82) is 0 Å². The zero-order valence-corrected chi connectivity index (χ0v) is 15.7. The third-order valence-electron chi connectivity index (χ3n) is 3.72. The number of benzene rings is 2. The summed E-state index contributed by atoms with van der Waals surface area (Å²) in [6, 6.07) is 13.3. The molecule has 0 radical (unpaired) electrons. The predicted octanol–water partition coefficient (Wildman–Crippen LogP) is 4.39. The number of carbonyl (C=O) groups is 1. The van der Waals surface area contributed by atoms with Crippen molar-refractivity contribution in [2.45, 2.75) is 17.3 Å². The second-order valence-corrected chi connectivity index (χ2v) is 7.35. The van der Waals surface area contributed by atoms with Gasteiger partial charge in [0.15, 0.2) is 11.0 Å². The number of aromatic nitrogens is 3. The number of hydrogen-bond acceptors (Lipinski definition) is 4. The van der Waals surface area contributed by atoms with E-state index in [9.17, 15) is 9.18 Å². The molecule has 8 heteroatoms. The summed E-state index contributed by atoms with van der Waals surface area (Å²) in [6.45, 7) is 1.73. The summed E-state index contributed by atoms with van der Waals surface area (Å²) < 4.78 is 15.5. The smallest absolute Gasteiger partial charge is 0.237 e. The third kappa shape index (κ3) is 4.05. The molecule has 5 nitrogen and oxygen atoms in total. The summed E-state index contributed by atoms with van der Waals surface area (Å²) in [7, 11) is 1.83. The van der Waals surface area contributed by atoms with E-state index in [-0.39, 0.29) is 11.6 Å². The van der Waals surface area contributed by atoms with Crippen molar-refractivity contribution in [1.82, 2.24) is 14.8 Å². The van der Waals surface area contributed by atoms with Gasteiger partial charge in [0.25, 0.3) is 0 Å². The van der Waals surface area contributed by atoms with Crippen LogP contribution in [0.5, 0.6) is 0 Å². The summed E-state index contributed by atoms with van der Waals surface area (Å²) in [5.74, 6) is -0.108. The van der Waals surface area contributed by atoms with E-state index in [0.29, 0.717) is 16.0 Å². The lowest BCUT2D eigenvalue weighted by molar-refractivity contribution is -0.115. The van der Waals surface area contributed by atoms with Gasteiger partial charge in [-0.1, -0.05) is 35.5 Å². The molecular weight excluding hydrogens is 375 g/mol. The van der Waals surface area contributed by atoms with E-state index < -0.39 is 11.1 Å². The SMILES string of the molecule is C[C@H](Sc1nnc(-c2ccc(Cl)cc2)n1C)C(=O)Nc1ccccc1F.